The van der Waals surface area contributed by atoms with E-state index in [-0.39, 0.29) is 11.9 Å². The lowest BCUT2D eigenvalue weighted by atomic mass is 9.97. The topological polar surface area (TPSA) is 52.6 Å². The van der Waals surface area contributed by atoms with Crippen LogP contribution in [0, 0.1) is 0 Å². The molecular formula is C15H30N2O2. The van der Waals surface area contributed by atoms with Crippen LogP contribution in [0.15, 0.2) is 0 Å². The van der Waals surface area contributed by atoms with Gasteiger partial charge in [-0.05, 0) is 45.7 Å². The van der Waals surface area contributed by atoms with Gasteiger partial charge in [-0.25, -0.2) is 0 Å². The third-order valence-electron chi connectivity index (χ3n) is 4.48. The van der Waals surface area contributed by atoms with Crippen LogP contribution < -0.4 is 5.32 Å². The van der Waals surface area contributed by atoms with Gasteiger partial charge in [0.2, 0.25) is 5.91 Å². The van der Waals surface area contributed by atoms with Gasteiger partial charge in [-0.1, -0.05) is 26.7 Å². The van der Waals surface area contributed by atoms with Gasteiger partial charge in [0, 0.05) is 6.54 Å². The number of nitrogens with zero attached hydrogens (tertiary/aromatic N) is 1. The molecule has 0 aromatic carbocycles. The SMILES string of the molecule is CCC(O)(CC)CNC(=O)C(C)N1CCCCCC1. The second kappa shape index (κ2) is 7.85. The summed E-state index contributed by atoms with van der Waals surface area (Å²) in [5, 5.41) is 13.1. The number of aliphatic hydroxyl groups is 1. The van der Waals surface area contributed by atoms with Crippen molar-refractivity contribution in [3.63, 3.8) is 0 Å². The molecule has 112 valence electrons. The number of rotatable bonds is 6. The quantitative estimate of drug-likeness (QED) is 0.775. The Morgan fingerprint density at radius 2 is 1.74 bits per heavy atom. The molecule has 0 saturated carbocycles. The maximum atomic E-state index is 12.2. The molecule has 0 aliphatic carbocycles. The van der Waals surface area contributed by atoms with Gasteiger partial charge in [-0.2, -0.15) is 0 Å². The molecule has 1 saturated heterocycles. The second-order valence-electron chi connectivity index (χ2n) is 5.78. The van der Waals surface area contributed by atoms with Crippen LogP contribution in [-0.4, -0.2) is 47.2 Å². The van der Waals surface area contributed by atoms with Gasteiger partial charge in [-0.15, -0.1) is 0 Å². The predicted octanol–water partition coefficient (Wildman–Crippen LogP) is 1.92. The molecule has 1 atom stereocenters. The molecule has 1 aliphatic heterocycles. The zero-order valence-corrected chi connectivity index (χ0v) is 12.7. The summed E-state index contributed by atoms with van der Waals surface area (Å²) < 4.78 is 0. The average Bonchev–Trinajstić information content (AvgIpc) is 2.72. The van der Waals surface area contributed by atoms with Crippen molar-refractivity contribution in [1.82, 2.24) is 10.2 Å². The number of amides is 1. The molecule has 0 radical (unpaired) electrons. The van der Waals surface area contributed by atoms with Crippen molar-refractivity contribution in [2.45, 2.75) is 70.9 Å². The molecule has 1 amide bonds. The molecule has 1 unspecified atom stereocenters. The Morgan fingerprint density at radius 1 is 1.21 bits per heavy atom. The lowest BCUT2D eigenvalue weighted by molar-refractivity contribution is -0.127. The molecule has 0 aromatic heterocycles. The molecule has 1 aliphatic rings. The van der Waals surface area contributed by atoms with Crippen molar-refractivity contribution in [2.75, 3.05) is 19.6 Å². The van der Waals surface area contributed by atoms with E-state index in [1.807, 2.05) is 20.8 Å². The maximum absolute atomic E-state index is 12.2. The van der Waals surface area contributed by atoms with E-state index in [9.17, 15) is 9.90 Å². The molecule has 1 rings (SSSR count). The second-order valence-corrected chi connectivity index (χ2v) is 5.78. The minimum atomic E-state index is -0.756. The number of carbonyl (C=O) groups is 1. The summed E-state index contributed by atoms with van der Waals surface area (Å²) in [5.74, 6) is 0.0437. The monoisotopic (exact) mass is 270 g/mol. The largest absolute Gasteiger partial charge is 0.388 e. The van der Waals surface area contributed by atoms with Crippen molar-refractivity contribution in [3.05, 3.63) is 0 Å². The van der Waals surface area contributed by atoms with E-state index in [4.69, 9.17) is 0 Å². The lowest BCUT2D eigenvalue weighted by Gasteiger charge is -2.29. The van der Waals surface area contributed by atoms with Crippen molar-refractivity contribution >= 4 is 5.91 Å². The van der Waals surface area contributed by atoms with Gasteiger partial charge in [0.15, 0.2) is 0 Å². The highest BCUT2D eigenvalue weighted by molar-refractivity contribution is 5.81. The Balaban J connectivity index is 2.43. The summed E-state index contributed by atoms with van der Waals surface area (Å²) in [5.41, 5.74) is -0.756. The van der Waals surface area contributed by atoms with Crippen LogP contribution in [-0.2, 0) is 4.79 Å². The summed E-state index contributed by atoms with van der Waals surface area (Å²) in [7, 11) is 0. The molecule has 4 nitrogen and oxygen atoms in total. The molecule has 2 N–H and O–H groups in total. The van der Waals surface area contributed by atoms with Gasteiger partial charge in [0.25, 0.3) is 0 Å². The number of likely N-dealkylation sites (tertiary alicyclic amines) is 1. The highest BCUT2D eigenvalue weighted by Crippen LogP contribution is 2.14. The molecule has 0 bridgehead atoms. The van der Waals surface area contributed by atoms with Gasteiger partial charge in [0.05, 0.1) is 11.6 Å². The van der Waals surface area contributed by atoms with E-state index < -0.39 is 5.60 Å². The Kier molecular flexibility index (Phi) is 6.80. The van der Waals surface area contributed by atoms with Gasteiger partial charge in [0.1, 0.15) is 0 Å². The number of hydrogen-bond donors (Lipinski definition) is 2. The molecule has 0 aromatic rings. The first-order valence-electron chi connectivity index (χ1n) is 7.76. The first-order chi connectivity index (χ1) is 9.02. The molecule has 1 heterocycles. The zero-order chi connectivity index (χ0) is 14.3. The first-order valence-corrected chi connectivity index (χ1v) is 7.76. The van der Waals surface area contributed by atoms with Crippen molar-refractivity contribution in [1.29, 1.82) is 0 Å². The number of nitrogens with one attached hydrogen (secondary N) is 1. The summed E-state index contributed by atoms with van der Waals surface area (Å²) in [6.07, 6.45) is 6.26. The van der Waals surface area contributed by atoms with E-state index >= 15 is 0 Å². The fraction of sp³-hybridized carbons (Fsp3) is 0.933. The van der Waals surface area contributed by atoms with Gasteiger partial charge >= 0.3 is 0 Å². The Labute approximate surface area is 117 Å². The van der Waals surface area contributed by atoms with Crippen molar-refractivity contribution in [2.24, 2.45) is 0 Å². The van der Waals surface area contributed by atoms with Crippen LogP contribution >= 0.6 is 0 Å². The van der Waals surface area contributed by atoms with Crippen LogP contribution in [0.25, 0.3) is 0 Å². The highest BCUT2D eigenvalue weighted by atomic mass is 16.3. The minimum absolute atomic E-state index is 0.0437. The summed E-state index contributed by atoms with van der Waals surface area (Å²) >= 11 is 0. The van der Waals surface area contributed by atoms with E-state index in [2.05, 4.69) is 10.2 Å². The predicted molar refractivity (Wildman–Crippen MR) is 78.0 cm³/mol. The van der Waals surface area contributed by atoms with Crippen LogP contribution in [0.3, 0.4) is 0 Å². The normalized spacial score (nSPS) is 19.8. The maximum Gasteiger partial charge on any atom is 0.237 e. The van der Waals surface area contributed by atoms with E-state index in [1.54, 1.807) is 0 Å². The standard InChI is InChI=1S/C15H30N2O2/c1-4-15(19,5-2)12-16-14(18)13(3)17-10-8-6-7-9-11-17/h13,19H,4-12H2,1-3H3,(H,16,18). The van der Waals surface area contributed by atoms with Crippen LogP contribution in [0.4, 0.5) is 0 Å². The molecular weight excluding hydrogens is 240 g/mol. The van der Waals surface area contributed by atoms with Crippen molar-refractivity contribution in [3.8, 4) is 0 Å². The number of carbonyl (C=O) groups excluding carboxylic acids is 1. The summed E-state index contributed by atoms with van der Waals surface area (Å²) in [6, 6.07) is -0.0870. The molecule has 4 heteroatoms. The molecule has 1 fully saturated rings. The van der Waals surface area contributed by atoms with E-state index in [0.717, 1.165) is 13.1 Å². The van der Waals surface area contributed by atoms with Crippen LogP contribution in [0.5, 0.6) is 0 Å². The summed E-state index contributed by atoms with van der Waals surface area (Å²) in [4.78, 5) is 14.4. The number of hydrogen-bond acceptors (Lipinski definition) is 3. The fourth-order valence-electron chi connectivity index (χ4n) is 2.55. The van der Waals surface area contributed by atoms with E-state index in [0.29, 0.717) is 19.4 Å². The molecule has 19 heavy (non-hydrogen) atoms. The van der Waals surface area contributed by atoms with Gasteiger partial charge in [-0.3, -0.25) is 9.69 Å². The Bertz CT molecular complexity index is 269. The lowest BCUT2D eigenvalue weighted by Crippen LogP contribution is -2.50. The van der Waals surface area contributed by atoms with Crippen LogP contribution in [0.2, 0.25) is 0 Å². The zero-order valence-electron chi connectivity index (χ0n) is 12.7. The van der Waals surface area contributed by atoms with Crippen molar-refractivity contribution < 1.29 is 9.90 Å². The van der Waals surface area contributed by atoms with Gasteiger partial charge < -0.3 is 10.4 Å². The first kappa shape index (κ1) is 16.4. The minimum Gasteiger partial charge on any atom is -0.388 e. The third kappa shape index (κ3) is 5.11. The van der Waals surface area contributed by atoms with Crippen LogP contribution in [0.1, 0.15) is 59.3 Å². The molecule has 0 spiro atoms. The third-order valence-corrected chi connectivity index (χ3v) is 4.48. The average molecular weight is 270 g/mol. The smallest absolute Gasteiger partial charge is 0.237 e. The van der Waals surface area contributed by atoms with E-state index in [1.165, 1.54) is 25.7 Å². The fourth-order valence-corrected chi connectivity index (χ4v) is 2.55. The Morgan fingerprint density at radius 3 is 2.21 bits per heavy atom. The highest BCUT2D eigenvalue weighted by Gasteiger charge is 2.26. The Hall–Kier alpha value is -0.610. The summed E-state index contributed by atoms with van der Waals surface area (Å²) in [6.45, 7) is 8.26.